The molecule has 0 amide bonds. The Labute approximate surface area is 157 Å². The van der Waals surface area contributed by atoms with Crippen LogP contribution in [-0.4, -0.2) is 28.0 Å². The number of benzene rings is 1. The predicted octanol–water partition coefficient (Wildman–Crippen LogP) is 4.54. The van der Waals surface area contributed by atoms with Gasteiger partial charge < -0.3 is 15.0 Å². The molecule has 4 rings (SSSR count). The fourth-order valence-electron chi connectivity index (χ4n) is 2.98. The Morgan fingerprint density at radius 3 is 2.48 bits per heavy atom. The molecule has 1 N–H and O–H groups in total. The van der Waals surface area contributed by atoms with Gasteiger partial charge in [-0.15, -0.1) is 0 Å². The van der Waals surface area contributed by atoms with Crippen LogP contribution in [0.2, 0.25) is 0 Å². The maximum Gasteiger partial charge on any atom is 0.230 e. The molecule has 1 fully saturated rings. The molecule has 0 unspecified atom stereocenters. The predicted molar refractivity (Wildman–Crippen MR) is 102 cm³/mol. The Hall–Kier alpha value is -3.22. The molecule has 3 aromatic rings. The number of nitrogens with one attached hydrogen (secondary N) is 1. The van der Waals surface area contributed by atoms with Gasteiger partial charge in [0.25, 0.3) is 0 Å². The van der Waals surface area contributed by atoms with Crippen LogP contribution in [-0.2, 0) is 0 Å². The van der Waals surface area contributed by atoms with Crippen LogP contribution in [0.15, 0.2) is 54.9 Å². The Morgan fingerprint density at radius 1 is 0.926 bits per heavy atom. The van der Waals surface area contributed by atoms with Crippen molar-refractivity contribution in [1.82, 2.24) is 15.0 Å². The van der Waals surface area contributed by atoms with E-state index >= 15 is 0 Å². The molecule has 1 aliphatic rings. The lowest BCUT2D eigenvalue weighted by molar-refractivity contribution is 0.461. The summed E-state index contributed by atoms with van der Waals surface area (Å²) < 4.78 is 18.6. The van der Waals surface area contributed by atoms with Gasteiger partial charge in [-0.05, 0) is 55.7 Å². The number of hydrogen-bond donors (Lipinski definition) is 1. The van der Waals surface area contributed by atoms with Crippen LogP contribution in [0.3, 0.4) is 0 Å². The lowest BCUT2D eigenvalue weighted by atomic mass is 10.1. The molecule has 27 heavy (non-hydrogen) atoms. The number of nitrogens with zero attached hydrogens (tertiary/aromatic N) is 4. The first-order valence-electron chi connectivity index (χ1n) is 9.01. The van der Waals surface area contributed by atoms with Crippen molar-refractivity contribution in [3.05, 3.63) is 60.7 Å². The van der Waals surface area contributed by atoms with E-state index in [9.17, 15) is 4.39 Å². The van der Waals surface area contributed by atoms with Gasteiger partial charge in [0.05, 0.1) is 11.9 Å². The van der Waals surface area contributed by atoms with Crippen molar-refractivity contribution in [1.29, 1.82) is 0 Å². The van der Waals surface area contributed by atoms with Crippen LogP contribution < -0.4 is 15.0 Å². The summed E-state index contributed by atoms with van der Waals surface area (Å²) in [6, 6.07) is 11.4. The fraction of sp³-hybridized carbons (Fsp3) is 0.250. The highest BCUT2D eigenvalue weighted by atomic mass is 19.1. The van der Waals surface area contributed by atoms with E-state index < -0.39 is 0 Å². The summed E-state index contributed by atoms with van der Waals surface area (Å²) in [6.45, 7) is 2.12. The average Bonchev–Trinajstić information content (AvgIpc) is 2.71. The molecule has 7 heteroatoms. The maximum absolute atomic E-state index is 13.0. The molecule has 0 spiro atoms. The van der Waals surface area contributed by atoms with E-state index in [4.69, 9.17) is 4.74 Å². The zero-order chi connectivity index (χ0) is 18.5. The summed E-state index contributed by atoms with van der Waals surface area (Å²) in [5.41, 5.74) is 0.801. The number of halogens is 1. The molecule has 138 valence electrons. The van der Waals surface area contributed by atoms with Crippen LogP contribution in [0.4, 0.5) is 21.8 Å². The van der Waals surface area contributed by atoms with Gasteiger partial charge in [-0.1, -0.05) is 0 Å². The van der Waals surface area contributed by atoms with E-state index in [1.165, 1.54) is 31.4 Å². The number of hydrogen-bond acceptors (Lipinski definition) is 6. The van der Waals surface area contributed by atoms with Crippen molar-refractivity contribution in [2.24, 2.45) is 0 Å². The highest BCUT2D eigenvalue weighted by Gasteiger charge is 2.12. The highest BCUT2D eigenvalue weighted by molar-refractivity contribution is 5.55. The minimum atomic E-state index is -0.312. The Bertz CT molecular complexity index is 880. The Morgan fingerprint density at radius 2 is 1.74 bits per heavy atom. The second-order valence-corrected chi connectivity index (χ2v) is 6.35. The molecular weight excluding hydrogens is 345 g/mol. The van der Waals surface area contributed by atoms with Crippen molar-refractivity contribution in [3.63, 3.8) is 0 Å². The highest BCUT2D eigenvalue weighted by Crippen LogP contribution is 2.23. The van der Waals surface area contributed by atoms with E-state index in [0.29, 0.717) is 17.6 Å². The summed E-state index contributed by atoms with van der Waals surface area (Å²) in [6.07, 6.45) is 7.11. The summed E-state index contributed by atoms with van der Waals surface area (Å²) in [4.78, 5) is 15.4. The second kappa shape index (κ2) is 7.99. The third-order valence-electron chi connectivity index (χ3n) is 4.35. The summed E-state index contributed by atoms with van der Waals surface area (Å²) in [5, 5.41) is 3.13. The van der Waals surface area contributed by atoms with Crippen LogP contribution >= 0.6 is 0 Å². The summed E-state index contributed by atoms with van der Waals surface area (Å²) >= 11 is 0. The van der Waals surface area contributed by atoms with Crippen LogP contribution in [0.5, 0.6) is 11.6 Å². The summed E-state index contributed by atoms with van der Waals surface area (Å²) in [7, 11) is 0. The van der Waals surface area contributed by atoms with E-state index in [1.807, 2.05) is 12.1 Å². The van der Waals surface area contributed by atoms with E-state index in [2.05, 4.69) is 25.2 Å². The number of aromatic nitrogens is 3. The van der Waals surface area contributed by atoms with Gasteiger partial charge in [0.1, 0.15) is 17.4 Å². The number of piperidine rings is 1. The zero-order valence-corrected chi connectivity index (χ0v) is 14.8. The molecule has 0 atom stereocenters. The van der Waals surface area contributed by atoms with Gasteiger partial charge in [-0.2, -0.15) is 4.98 Å². The topological polar surface area (TPSA) is 63.2 Å². The Kier molecular flexibility index (Phi) is 5.09. The van der Waals surface area contributed by atoms with Crippen molar-refractivity contribution >= 4 is 17.5 Å². The minimum absolute atomic E-state index is 0.312. The molecule has 3 heterocycles. The minimum Gasteiger partial charge on any atom is -0.439 e. The van der Waals surface area contributed by atoms with Gasteiger partial charge in [0.15, 0.2) is 0 Å². The van der Waals surface area contributed by atoms with Crippen LogP contribution in [0.25, 0.3) is 0 Å². The number of pyridine rings is 1. The third kappa shape index (κ3) is 4.49. The third-order valence-corrected chi connectivity index (χ3v) is 4.35. The zero-order valence-electron chi connectivity index (χ0n) is 14.8. The molecular formula is C20H20FN5O. The Balaban J connectivity index is 1.42. The van der Waals surface area contributed by atoms with Crippen LogP contribution in [0.1, 0.15) is 19.3 Å². The van der Waals surface area contributed by atoms with E-state index in [0.717, 1.165) is 24.6 Å². The molecule has 2 aromatic heterocycles. The molecule has 6 nitrogen and oxygen atoms in total. The first kappa shape index (κ1) is 17.2. The van der Waals surface area contributed by atoms with Crippen molar-refractivity contribution in [3.8, 4) is 11.6 Å². The molecule has 0 saturated carbocycles. The average molecular weight is 365 g/mol. The largest absolute Gasteiger partial charge is 0.439 e. The summed E-state index contributed by atoms with van der Waals surface area (Å²) in [5.74, 6) is 1.97. The molecule has 1 aliphatic heterocycles. The standard InChI is InChI=1S/C20H20FN5O/c21-15-4-7-17(8-5-15)27-19-10-11-22-20(25-19)24-16-6-9-18(23-14-16)26-12-2-1-3-13-26/h4-11,14H,1-3,12-13H2,(H,22,24,25). The number of anilines is 3. The molecule has 0 aliphatic carbocycles. The van der Waals surface area contributed by atoms with Crippen LogP contribution in [0, 0.1) is 5.82 Å². The molecule has 0 radical (unpaired) electrons. The van der Waals surface area contributed by atoms with Gasteiger partial charge in [-0.3, -0.25) is 0 Å². The molecule has 1 aromatic carbocycles. The SMILES string of the molecule is Fc1ccc(Oc2ccnc(Nc3ccc(N4CCCCC4)nc3)n2)cc1. The lowest BCUT2D eigenvalue weighted by Gasteiger charge is -2.27. The smallest absolute Gasteiger partial charge is 0.230 e. The monoisotopic (exact) mass is 365 g/mol. The molecule has 1 saturated heterocycles. The van der Waals surface area contributed by atoms with E-state index in [1.54, 1.807) is 30.6 Å². The van der Waals surface area contributed by atoms with Gasteiger partial charge in [0, 0.05) is 25.4 Å². The van der Waals surface area contributed by atoms with Gasteiger partial charge in [-0.25, -0.2) is 14.4 Å². The van der Waals surface area contributed by atoms with Gasteiger partial charge >= 0.3 is 0 Å². The lowest BCUT2D eigenvalue weighted by Crippen LogP contribution is -2.29. The first-order chi connectivity index (χ1) is 13.3. The van der Waals surface area contributed by atoms with Crippen molar-refractivity contribution in [2.75, 3.05) is 23.3 Å². The maximum atomic E-state index is 13.0. The second-order valence-electron chi connectivity index (χ2n) is 6.35. The van der Waals surface area contributed by atoms with Crippen molar-refractivity contribution in [2.45, 2.75) is 19.3 Å². The molecule has 0 bridgehead atoms. The first-order valence-corrected chi connectivity index (χ1v) is 9.01. The number of ether oxygens (including phenoxy) is 1. The quantitative estimate of drug-likeness (QED) is 0.716. The fourth-order valence-corrected chi connectivity index (χ4v) is 2.98. The van der Waals surface area contributed by atoms with E-state index in [-0.39, 0.29) is 5.82 Å². The number of rotatable bonds is 5. The van der Waals surface area contributed by atoms with Gasteiger partial charge in [0.2, 0.25) is 11.8 Å². The normalized spacial score (nSPS) is 14.0. The van der Waals surface area contributed by atoms with Crippen molar-refractivity contribution < 1.29 is 9.13 Å².